The van der Waals surface area contributed by atoms with Gasteiger partial charge >= 0.3 is 0 Å². The Morgan fingerprint density at radius 1 is 1.25 bits per heavy atom. The molecular formula is C16H21N3O. The SMILES string of the molecule is CCc1ccc(C(=O)NCCCn2ccc(C)n2)cc1. The van der Waals surface area contributed by atoms with Gasteiger partial charge in [0.25, 0.3) is 5.91 Å². The van der Waals surface area contributed by atoms with Crippen molar-refractivity contribution in [2.24, 2.45) is 0 Å². The highest BCUT2D eigenvalue weighted by Gasteiger charge is 2.04. The second-order valence-electron chi connectivity index (χ2n) is 4.88. The lowest BCUT2D eigenvalue weighted by Crippen LogP contribution is -2.25. The lowest BCUT2D eigenvalue weighted by molar-refractivity contribution is 0.0952. The molecule has 0 bridgehead atoms. The zero-order valence-electron chi connectivity index (χ0n) is 12.1. The van der Waals surface area contributed by atoms with E-state index in [2.05, 4.69) is 17.3 Å². The predicted octanol–water partition coefficient (Wildman–Crippen LogP) is 2.57. The van der Waals surface area contributed by atoms with E-state index in [1.807, 2.05) is 48.1 Å². The quantitative estimate of drug-likeness (QED) is 0.821. The Labute approximate surface area is 119 Å². The van der Waals surface area contributed by atoms with Gasteiger partial charge in [0, 0.05) is 24.8 Å². The van der Waals surface area contributed by atoms with Gasteiger partial charge in [0.15, 0.2) is 0 Å². The van der Waals surface area contributed by atoms with Gasteiger partial charge in [-0.2, -0.15) is 5.10 Å². The number of aryl methyl sites for hydroxylation is 3. The minimum atomic E-state index is -0.00991. The summed E-state index contributed by atoms with van der Waals surface area (Å²) in [4.78, 5) is 11.9. The van der Waals surface area contributed by atoms with Crippen LogP contribution in [0.25, 0.3) is 0 Å². The van der Waals surface area contributed by atoms with Crippen molar-refractivity contribution in [3.05, 3.63) is 53.3 Å². The van der Waals surface area contributed by atoms with E-state index in [0.717, 1.165) is 30.6 Å². The standard InChI is InChI=1S/C16H21N3O/c1-3-14-5-7-15(8-6-14)16(20)17-10-4-11-19-12-9-13(2)18-19/h5-9,12H,3-4,10-11H2,1-2H3,(H,17,20). The van der Waals surface area contributed by atoms with Crippen molar-refractivity contribution in [2.75, 3.05) is 6.54 Å². The molecule has 0 aliphatic carbocycles. The first-order valence-corrected chi connectivity index (χ1v) is 7.06. The van der Waals surface area contributed by atoms with E-state index in [0.29, 0.717) is 6.54 Å². The molecule has 1 amide bonds. The van der Waals surface area contributed by atoms with Crippen LogP contribution in [-0.2, 0) is 13.0 Å². The zero-order valence-corrected chi connectivity index (χ0v) is 12.1. The van der Waals surface area contributed by atoms with E-state index >= 15 is 0 Å². The minimum Gasteiger partial charge on any atom is -0.352 e. The van der Waals surface area contributed by atoms with Crippen molar-refractivity contribution >= 4 is 5.91 Å². The molecular weight excluding hydrogens is 250 g/mol. The number of aromatic nitrogens is 2. The largest absolute Gasteiger partial charge is 0.352 e. The second kappa shape index (κ2) is 6.89. The van der Waals surface area contributed by atoms with Crippen LogP contribution in [0, 0.1) is 6.92 Å². The number of benzene rings is 1. The molecule has 0 unspecified atom stereocenters. The van der Waals surface area contributed by atoms with E-state index in [1.54, 1.807) is 0 Å². The second-order valence-corrected chi connectivity index (χ2v) is 4.88. The van der Waals surface area contributed by atoms with Gasteiger partial charge in [-0.15, -0.1) is 0 Å². The lowest BCUT2D eigenvalue weighted by Gasteiger charge is -2.06. The van der Waals surface area contributed by atoms with Gasteiger partial charge in [-0.1, -0.05) is 19.1 Å². The number of hydrogen-bond donors (Lipinski definition) is 1. The molecule has 4 heteroatoms. The Balaban J connectivity index is 1.74. The number of hydrogen-bond acceptors (Lipinski definition) is 2. The van der Waals surface area contributed by atoms with Crippen LogP contribution in [0.4, 0.5) is 0 Å². The molecule has 106 valence electrons. The van der Waals surface area contributed by atoms with Gasteiger partial charge in [-0.05, 0) is 43.5 Å². The van der Waals surface area contributed by atoms with Crippen LogP contribution in [-0.4, -0.2) is 22.2 Å². The van der Waals surface area contributed by atoms with E-state index in [-0.39, 0.29) is 5.91 Å². The fourth-order valence-electron chi connectivity index (χ4n) is 2.02. The van der Waals surface area contributed by atoms with Crippen LogP contribution in [0.5, 0.6) is 0 Å². The average Bonchev–Trinajstić information content (AvgIpc) is 2.89. The van der Waals surface area contributed by atoms with Gasteiger partial charge in [-0.25, -0.2) is 0 Å². The van der Waals surface area contributed by atoms with Crippen LogP contribution in [0.15, 0.2) is 36.5 Å². The summed E-state index contributed by atoms with van der Waals surface area (Å²) in [6.07, 6.45) is 3.83. The molecule has 0 atom stereocenters. The summed E-state index contributed by atoms with van der Waals surface area (Å²) < 4.78 is 1.90. The van der Waals surface area contributed by atoms with Crippen molar-refractivity contribution in [3.63, 3.8) is 0 Å². The minimum absolute atomic E-state index is 0.00991. The molecule has 0 spiro atoms. The average molecular weight is 271 g/mol. The number of carbonyl (C=O) groups is 1. The summed E-state index contributed by atoms with van der Waals surface area (Å²) in [5.41, 5.74) is 2.98. The first-order valence-electron chi connectivity index (χ1n) is 7.06. The summed E-state index contributed by atoms with van der Waals surface area (Å²) in [5, 5.41) is 7.24. The molecule has 0 radical (unpaired) electrons. The van der Waals surface area contributed by atoms with Crippen LogP contribution < -0.4 is 5.32 Å². The summed E-state index contributed by atoms with van der Waals surface area (Å²) in [5.74, 6) is -0.00991. The highest BCUT2D eigenvalue weighted by Crippen LogP contribution is 2.05. The van der Waals surface area contributed by atoms with Crippen molar-refractivity contribution in [3.8, 4) is 0 Å². The van der Waals surface area contributed by atoms with E-state index in [9.17, 15) is 4.79 Å². The predicted molar refractivity (Wildman–Crippen MR) is 79.7 cm³/mol. The van der Waals surface area contributed by atoms with Crippen LogP contribution >= 0.6 is 0 Å². The number of nitrogens with one attached hydrogen (secondary N) is 1. The Morgan fingerprint density at radius 2 is 2.00 bits per heavy atom. The lowest BCUT2D eigenvalue weighted by atomic mass is 10.1. The molecule has 2 aromatic rings. The number of rotatable bonds is 6. The molecule has 0 saturated heterocycles. The summed E-state index contributed by atoms with van der Waals surface area (Å²) in [6, 6.07) is 9.74. The molecule has 2 rings (SSSR count). The number of amides is 1. The third-order valence-electron chi connectivity index (χ3n) is 3.25. The maximum absolute atomic E-state index is 11.9. The van der Waals surface area contributed by atoms with Gasteiger partial charge in [0.1, 0.15) is 0 Å². The molecule has 1 heterocycles. The highest BCUT2D eigenvalue weighted by atomic mass is 16.1. The maximum Gasteiger partial charge on any atom is 0.251 e. The molecule has 0 fully saturated rings. The van der Waals surface area contributed by atoms with E-state index in [1.165, 1.54) is 5.56 Å². The third-order valence-corrected chi connectivity index (χ3v) is 3.25. The molecule has 20 heavy (non-hydrogen) atoms. The van der Waals surface area contributed by atoms with Gasteiger partial charge in [0.2, 0.25) is 0 Å². The maximum atomic E-state index is 11.9. The fourth-order valence-corrected chi connectivity index (χ4v) is 2.02. The number of carbonyl (C=O) groups excluding carboxylic acids is 1. The first kappa shape index (κ1) is 14.3. The number of nitrogens with zero attached hydrogens (tertiary/aromatic N) is 2. The third kappa shape index (κ3) is 3.95. The van der Waals surface area contributed by atoms with Gasteiger partial charge in [-0.3, -0.25) is 9.48 Å². The smallest absolute Gasteiger partial charge is 0.251 e. The van der Waals surface area contributed by atoms with Crippen molar-refractivity contribution in [1.82, 2.24) is 15.1 Å². The van der Waals surface area contributed by atoms with Gasteiger partial charge < -0.3 is 5.32 Å². The van der Waals surface area contributed by atoms with Crippen LogP contribution in [0.1, 0.15) is 35.0 Å². The van der Waals surface area contributed by atoms with Crippen molar-refractivity contribution < 1.29 is 4.79 Å². The van der Waals surface area contributed by atoms with Crippen molar-refractivity contribution in [2.45, 2.75) is 33.2 Å². The Bertz CT molecular complexity index is 557. The molecule has 0 aliphatic rings. The molecule has 0 saturated carbocycles. The Morgan fingerprint density at radius 3 is 2.60 bits per heavy atom. The topological polar surface area (TPSA) is 46.9 Å². The van der Waals surface area contributed by atoms with Crippen molar-refractivity contribution in [1.29, 1.82) is 0 Å². The normalized spacial score (nSPS) is 10.5. The molecule has 4 nitrogen and oxygen atoms in total. The fraction of sp³-hybridized carbons (Fsp3) is 0.375. The summed E-state index contributed by atoms with van der Waals surface area (Å²) in [7, 11) is 0. The zero-order chi connectivity index (χ0) is 14.4. The molecule has 1 aromatic carbocycles. The van der Waals surface area contributed by atoms with Gasteiger partial charge in [0.05, 0.1) is 5.69 Å². The Kier molecular flexibility index (Phi) is 4.93. The molecule has 1 aromatic heterocycles. The monoisotopic (exact) mass is 271 g/mol. The first-order chi connectivity index (χ1) is 9.69. The molecule has 0 aliphatic heterocycles. The van der Waals surface area contributed by atoms with E-state index in [4.69, 9.17) is 0 Å². The molecule has 1 N–H and O–H groups in total. The Hall–Kier alpha value is -2.10. The summed E-state index contributed by atoms with van der Waals surface area (Å²) >= 11 is 0. The highest BCUT2D eigenvalue weighted by molar-refractivity contribution is 5.94. The van der Waals surface area contributed by atoms with Crippen LogP contribution in [0.3, 0.4) is 0 Å². The summed E-state index contributed by atoms with van der Waals surface area (Å²) in [6.45, 7) is 5.56. The van der Waals surface area contributed by atoms with Crippen LogP contribution in [0.2, 0.25) is 0 Å². The van der Waals surface area contributed by atoms with E-state index < -0.39 is 0 Å².